The number of benzene rings is 1. The van der Waals surface area contributed by atoms with Gasteiger partial charge in [-0.15, -0.1) is 0 Å². The van der Waals surface area contributed by atoms with Gasteiger partial charge in [0, 0.05) is 0 Å². The third-order valence-corrected chi connectivity index (χ3v) is 3.84. The molecule has 5 heteroatoms. The summed E-state index contributed by atoms with van der Waals surface area (Å²) in [6.07, 6.45) is 6.94. The summed E-state index contributed by atoms with van der Waals surface area (Å²) in [6.45, 7) is 3.82. The van der Waals surface area contributed by atoms with Crippen molar-refractivity contribution in [1.82, 2.24) is 9.55 Å². The molecule has 0 bridgehead atoms. The summed E-state index contributed by atoms with van der Waals surface area (Å²) in [6, 6.07) is 7.38. The van der Waals surface area contributed by atoms with E-state index in [1.807, 2.05) is 42.7 Å². The van der Waals surface area contributed by atoms with Gasteiger partial charge in [-0.25, -0.2) is 9.78 Å². The topological polar surface area (TPSA) is 53.4 Å². The van der Waals surface area contributed by atoms with Gasteiger partial charge in [-0.05, 0) is 31.6 Å². The van der Waals surface area contributed by atoms with E-state index in [1.54, 1.807) is 32.0 Å². The van der Waals surface area contributed by atoms with Gasteiger partial charge < -0.3 is 14.0 Å². The van der Waals surface area contributed by atoms with E-state index >= 15 is 0 Å². The first kappa shape index (κ1) is 14.4. The van der Waals surface area contributed by atoms with Crippen molar-refractivity contribution in [3.8, 4) is 0 Å². The Morgan fingerprint density at radius 2 is 2.14 bits per heavy atom. The molecule has 5 nitrogen and oxygen atoms in total. The average molecular weight is 298 g/mol. The second kappa shape index (κ2) is 5.33. The molecule has 1 unspecified atom stereocenters. The first-order valence-corrected chi connectivity index (χ1v) is 7.08. The van der Waals surface area contributed by atoms with Gasteiger partial charge in [0.15, 0.2) is 0 Å². The largest absolute Gasteiger partial charge is 0.504 e. The Balaban J connectivity index is 2.16. The zero-order chi connectivity index (χ0) is 15.7. The first-order chi connectivity index (χ1) is 10.5. The van der Waals surface area contributed by atoms with Gasteiger partial charge in [0.1, 0.15) is 11.6 Å². The number of hydrogen-bond acceptors (Lipinski definition) is 4. The van der Waals surface area contributed by atoms with E-state index in [2.05, 4.69) is 4.98 Å². The molecule has 3 rings (SSSR count). The lowest BCUT2D eigenvalue weighted by Gasteiger charge is -2.40. The van der Waals surface area contributed by atoms with Gasteiger partial charge in [-0.1, -0.05) is 18.2 Å². The monoisotopic (exact) mass is 298 g/mol. The highest BCUT2D eigenvalue weighted by atomic mass is 16.6. The van der Waals surface area contributed by atoms with Crippen LogP contribution in [0.4, 0.5) is 0 Å². The van der Waals surface area contributed by atoms with Crippen LogP contribution in [0.3, 0.4) is 0 Å². The summed E-state index contributed by atoms with van der Waals surface area (Å²) in [5.41, 5.74) is 1.74. The molecule has 114 valence electrons. The molecule has 0 aliphatic carbocycles. The van der Waals surface area contributed by atoms with Crippen molar-refractivity contribution < 1.29 is 14.3 Å². The van der Waals surface area contributed by atoms with Gasteiger partial charge in [0.25, 0.3) is 0 Å². The van der Waals surface area contributed by atoms with Crippen molar-refractivity contribution in [3.05, 3.63) is 59.9 Å². The van der Waals surface area contributed by atoms with Gasteiger partial charge in [0.2, 0.25) is 0 Å². The molecule has 2 aromatic rings. The zero-order valence-corrected chi connectivity index (χ0v) is 12.8. The van der Waals surface area contributed by atoms with Crippen LogP contribution in [0.25, 0.3) is 6.08 Å². The number of cyclic esters (lactones) is 1. The van der Waals surface area contributed by atoms with E-state index in [9.17, 15) is 4.79 Å². The number of aromatic nitrogens is 2. The van der Waals surface area contributed by atoms with Crippen molar-refractivity contribution >= 4 is 12.0 Å². The molecule has 0 spiro atoms. The Labute approximate surface area is 129 Å². The maximum atomic E-state index is 12.2. The Hall–Kier alpha value is -2.56. The number of hydrogen-bond donors (Lipinski definition) is 0. The highest BCUT2D eigenvalue weighted by Gasteiger charge is 2.43. The van der Waals surface area contributed by atoms with E-state index in [4.69, 9.17) is 9.47 Å². The Morgan fingerprint density at radius 1 is 1.36 bits per heavy atom. The van der Waals surface area contributed by atoms with Crippen molar-refractivity contribution in [2.45, 2.75) is 25.5 Å². The third kappa shape index (κ3) is 2.28. The van der Waals surface area contributed by atoms with Crippen LogP contribution >= 0.6 is 0 Å². The fraction of sp³-hybridized carbons (Fsp3) is 0.294. The fourth-order valence-corrected chi connectivity index (χ4v) is 2.93. The molecule has 0 fully saturated rings. The zero-order valence-electron chi connectivity index (χ0n) is 12.8. The maximum absolute atomic E-state index is 12.2. The van der Waals surface area contributed by atoms with Crippen LogP contribution in [0.15, 0.2) is 43.1 Å². The molecular weight excluding hydrogens is 280 g/mol. The number of carbonyl (C=O) groups is 1. The van der Waals surface area contributed by atoms with Crippen LogP contribution in [0.1, 0.15) is 41.5 Å². The number of imidazole rings is 1. The summed E-state index contributed by atoms with van der Waals surface area (Å²) in [5, 5.41) is 0. The number of carbonyl (C=O) groups excluding carboxylic acids is 1. The van der Waals surface area contributed by atoms with E-state index in [0.29, 0.717) is 5.56 Å². The molecule has 22 heavy (non-hydrogen) atoms. The summed E-state index contributed by atoms with van der Waals surface area (Å²) in [7, 11) is 1.60. The minimum absolute atomic E-state index is 0.152. The molecule has 0 saturated carbocycles. The Morgan fingerprint density at radius 3 is 2.91 bits per heavy atom. The second-order valence-corrected chi connectivity index (χ2v) is 5.75. The molecule has 1 aliphatic rings. The normalized spacial score (nSPS) is 19.8. The van der Waals surface area contributed by atoms with Gasteiger partial charge in [0.05, 0.1) is 37.2 Å². The highest BCUT2D eigenvalue weighted by Crippen LogP contribution is 2.40. The van der Waals surface area contributed by atoms with Crippen molar-refractivity contribution in [2.75, 3.05) is 7.11 Å². The number of fused-ring (bicyclic) bond motifs is 1. The van der Waals surface area contributed by atoms with E-state index in [0.717, 1.165) is 11.3 Å². The van der Waals surface area contributed by atoms with Crippen LogP contribution in [0, 0.1) is 0 Å². The molecular formula is C17H18N2O3. The lowest BCUT2D eigenvalue weighted by atomic mass is 9.85. The molecule has 0 amide bonds. The molecule has 1 atom stereocenters. The first-order valence-electron chi connectivity index (χ1n) is 7.08. The van der Waals surface area contributed by atoms with Crippen molar-refractivity contribution in [1.29, 1.82) is 0 Å². The Bertz CT molecular complexity index is 731. The number of methoxy groups -OCH3 is 1. The lowest BCUT2D eigenvalue weighted by Crippen LogP contribution is -2.43. The minimum Gasteiger partial charge on any atom is -0.504 e. The number of nitrogens with zero attached hydrogens (tertiary/aromatic N) is 2. The molecule has 0 N–H and O–H groups in total. The van der Waals surface area contributed by atoms with E-state index in [1.165, 1.54) is 0 Å². The predicted molar refractivity (Wildman–Crippen MR) is 82.3 cm³/mol. The van der Waals surface area contributed by atoms with Crippen LogP contribution < -0.4 is 0 Å². The highest BCUT2D eigenvalue weighted by molar-refractivity contribution is 5.93. The predicted octanol–water partition coefficient (Wildman–Crippen LogP) is 3.04. The Kier molecular flexibility index (Phi) is 3.48. The second-order valence-electron chi connectivity index (χ2n) is 5.75. The smallest absolute Gasteiger partial charge is 0.339 e. The molecule has 0 radical (unpaired) electrons. The molecule has 2 heterocycles. The molecule has 1 aromatic heterocycles. The number of ether oxygens (including phenoxy) is 2. The fourth-order valence-electron chi connectivity index (χ4n) is 2.93. The van der Waals surface area contributed by atoms with Crippen molar-refractivity contribution in [2.24, 2.45) is 0 Å². The number of rotatable bonds is 3. The molecule has 1 aliphatic heterocycles. The summed E-state index contributed by atoms with van der Waals surface area (Å²) in [4.78, 5) is 16.4. The standard InChI is InChI=1S/C17H18N2O3/c1-17(2)15(19-11-18-10-12(19)8-9-21-3)13-6-4-5-7-14(13)16(20)22-17/h4-11,15H,1-3H3/b9-8+. The van der Waals surface area contributed by atoms with Crippen LogP contribution in [-0.2, 0) is 9.47 Å². The third-order valence-electron chi connectivity index (χ3n) is 3.84. The van der Waals surface area contributed by atoms with Gasteiger partial charge in [-0.2, -0.15) is 0 Å². The van der Waals surface area contributed by atoms with Crippen molar-refractivity contribution in [3.63, 3.8) is 0 Å². The summed E-state index contributed by atoms with van der Waals surface area (Å²) in [5.74, 6) is -0.286. The average Bonchev–Trinajstić information content (AvgIpc) is 2.92. The summed E-state index contributed by atoms with van der Waals surface area (Å²) >= 11 is 0. The lowest BCUT2D eigenvalue weighted by molar-refractivity contribution is -0.0262. The maximum Gasteiger partial charge on any atom is 0.339 e. The van der Waals surface area contributed by atoms with E-state index < -0.39 is 5.60 Å². The molecule has 1 aromatic carbocycles. The van der Waals surface area contributed by atoms with Crippen LogP contribution in [0.5, 0.6) is 0 Å². The van der Waals surface area contributed by atoms with E-state index in [-0.39, 0.29) is 12.0 Å². The number of esters is 1. The SMILES string of the molecule is CO/C=C/c1cncn1C1c2ccccc2C(=O)OC1(C)C. The van der Waals surface area contributed by atoms with Crippen LogP contribution in [0.2, 0.25) is 0 Å². The summed E-state index contributed by atoms with van der Waals surface area (Å²) < 4.78 is 12.6. The molecule has 0 saturated heterocycles. The van der Waals surface area contributed by atoms with Crippen LogP contribution in [-0.4, -0.2) is 28.2 Å². The van der Waals surface area contributed by atoms with Gasteiger partial charge >= 0.3 is 5.97 Å². The minimum atomic E-state index is -0.679. The quantitative estimate of drug-likeness (QED) is 0.645. The van der Waals surface area contributed by atoms with Gasteiger partial charge in [-0.3, -0.25) is 0 Å².